The van der Waals surface area contributed by atoms with Gasteiger partial charge in [0.05, 0.1) is 17.4 Å². The van der Waals surface area contributed by atoms with Crippen molar-refractivity contribution in [2.24, 2.45) is 0 Å². The molecule has 1 aromatic heterocycles. The third-order valence-electron chi connectivity index (χ3n) is 4.92. The molecule has 4 rings (SSSR count). The van der Waals surface area contributed by atoms with Crippen molar-refractivity contribution in [3.8, 4) is 5.69 Å². The number of nitrogens with zero attached hydrogens (tertiary/aromatic N) is 2. The molecule has 3 aromatic rings. The Labute approximate surface area is 173 Å². The number of aryl methyl sites for hydroxylation is 1. The number of rotatable bonds is 4. The van der Waals surface area contributed by atoms with E-state index in [1.807, 2.05) is 68.4 Å². The van der Waals surface area contributed by atoms with Gasteiger partial charge in [-0.15, -0.1) is 0 Å². The largest absolute Gasteiger partial charge is 0.341 e. The molecule has 2 heterocycles. The van der Waals surface area contributed by atoms with E-state index in [-0.39, 0.29) is 6.04 Å². The highest BCUT2D eigenvalue weighted by atomic mass is 32.2. The molecule has 148 valence electrons. The molecule has 2 N–H and O–H groups in total. The van der Waals surface area contributed by atoms with Gasteiger partial charge < -0.3 is 10.6 Å². The molecular formula is C22H22N4O2S. The summed E-state index contributed by atoms with van der Waals surface area (Å²) in [5, 5.41) is 10.2. The lowest BCUT2D eigenvalue weighted by atomic mass is 10.1. The first-order valence-electron chi connectivity index (χ1n) is 9.45. The number of amides is 2. The van der Waals surface area contributed by atoms with Crippen molar-refractivity contribution in [3.05, 3.63) is 77.0 Å². The van der Waals surface area contributed by atoms with E-state index in [1.165, 1.54) is 0 Å². The van der Waals surface area contributed by atoms with Crippen LogP contribution in [0.5, 0.6) is 0 Å². The Morgan fingerprint density at radius 3 is 2.48 bits per heavy atom. The quantitative estimate of drug-likeness (QED) is 0.647. The van der Waals surface area contributed by atoms with Crippen LogP contribution >= 0.6 is 11.8 Å². The van der Waals surface area contributed by atoms with Crippen molar-refractivity contribution in [3.63, 3.8) is 0 Å². The lowest BCUT2D eigenvalue weighted by Gasteiger charge is -2.15. The second-order valence-corrected chi connectivity index (χ2v) is 8.06. The van der Waals surface area contributed by atoms with Crippen molar-refractivity contribution in [2.75, 3.05) is 5.32 Å². The number of nitrogens with one attached hydrogen (secondary N) is 2. The fourth-order valence-corrected chi connectivity index (χ4v) is 4.30. The minimum Gasteiger partial charge on any atom is -0.341 e. The number of benzene rings is 2. The van der Waals surface area contributed by atoms with E-state index in [2.05, 4.69) is 15.7 Å². The highest BCUT2D eigenvalue weighted by molar-refractivity contribution is 7.98. The van der Waals surface area contributed by atoms with E-state index in [9.17, 15) is 9.59 Å². The zero-order chi connectivity index (χ0) is 20.4. The molecule has 1 unspecified atom stereocenters. The van der Waals surface area contributed by atoms with Gasteiger partial charge in [0, 0.05) is 17.1 Å². The molecule has 0 fully saturated rings. The van der Waals surface area contributed by atoms with Crippen LogP contribution < -0.4 is 10.6 Å². The minimum absolute atomic E-state index is 0.266. The maximum absolute atomic E-state index is 12.6. The summed E-state index contributed by atoms with van der Waals surface area (Å²) in [7, 11) is 0. The summed E-state index contributed by atoms with van der Waals surface area (Å²) >= 11 is 1.75. The second kappa shape index (κ2) is 8.13. The molecule has 1 atom stereocenters. The van der Waals surface area contributed by atoms with Gasteiger partial charge in [0.15, 0.2) is 0 Å². The predicted octanol–water partition coefficient (Wildman–Crippen LogP) is 3.74. The maximum Gasteiger partial charge on any atom is 0.314 e. The standard InChI is InChI=1S/C22H22N4O2S/c1-14-8-10-17(11-9-14)26-20(18-12-29-13-19(18)25-26)24-22(28)21(27)23-15(2)16-6-4-3-5-7-16/h3-11,15H,12-13H2,1-2H3,(H,23,27)(H,24,28). The lowest BCUT2D eigenvalue weighted by molar-refractivity contribution is -0.136. The van der Waals surface area contributed by atoms with Gasteiger partial charge in [-0.2, -0.15) is 16.9 Å². The summed E-state index contributed by atoms with van der Waals surface area (Å²) in [5.74, 6) is 0.771. The third-order valence-corrected chi connectivity index (χ3v) is 5.89. The van der Waals surface area contributed by atoms with Gasteiger partial charge in [-0.25, -0.2) is 4.68 Å². The highest BCUT2D eigenvalue weighted by Gasteiger charge is 2.27. The van der Waals surface area contributed by atoms with E-state index in [0.717, 1.165) is 39.6 Å². The van der Waals surface area contributed by atoms with Crippen LogP contribution in [-0.2, 0) is 21.1 Å². The van der Waals surface area contributed by atoms with Crippen molar-refractivity contribution in [2.45, 2.75) is 31.4 Å². The summed E-state index contributed by atoms with van der Waals surface area (Å²) in [6.07, 6.45) is 0. The smallest absolute Gasteiger partial charge is 0.314 e. The number of anilines is 1. The molecule has 0 saturated heterocycles. The summed E-state index contributed by atoms with van der Waals surface area (Å²) in [4.78, 5) is 25.1. The molecule has 0 bridgehead atoms. The summed E-state index contributed by atoms with van der Waals surface area (Å²) in [6, 6.07) is 17.2. The zero-order valence-electron chi connectivity index (χ0n) is 16.3. The first kappa shape index (κ1) is 19.3. The van der Waals surface area contributed by atoms with Crippen LogP contribution in [0, 0.1) is 6.92 Å². The average molecular weight is 407 g/mol. The molecule has 0 spiro atoms. The molecule has 1 aliphatic rings. The molecule has 2 amide bonds. The van der Waals surface area contributed by atoms with E-state index in [0.29, 0.717) is 5.82 Å². The van der Waals surface area contributed by atoms with Crippen LogP contribution in [0.15, 0.2) is 54.6 Å². The Bertz CT molecular complexity index is 1040. The minimum atomic E-state index is -0.694. The van der Waals surface area contributed by atoms with Gasteiger partial charge in [-0.1, -0.05) is 48.0 Å². The number of carbonyl (C=O) groups is 2. The fourth-order valence-electron chi connectivity index (χ4n) is 3.27. The summed E-state index contributed by atoms with van der Waals surface area (Å²) in [5.41, 5.74) is 4.86. The SMILES string of the molecule is Cc1ccc(-n2nc3c(c2NC(=O)C(=O)NC(C)c2ccccc2)CSC3)cc1. The Hall–Kier alpha value is -3.06. The first-order valence-corrected chi connectivity index (χ1v) is 10.6. The van der Waals surface area contributed by atoms with E-state index < -0.39 is 11.8 Å². The van der Waals surface area contributed by atoms with Crippen molar-refractivity contribution in [1.29, 1.82) is 0 Å². The van der Waals surface area contributed by atoms with Crippen LogP contribution in [0.1, 0.15) is 35.3 Å². The number of hydrogen-bond acceptors (Lipinski definition) is 4. The Balaban J connectivity index is 1.55. The Kier molecular flexibility index (Phi) is 5.40. The molecular weight excluding hydrogens is 384 g/mol. The van der Waals surface area contributed by atoms with E-state index in [1.54, 1.807) is 16.4 Å². The molecule has 6 nitrogen and oxygen atoms in total. The van der Waals surface area contributed by atoms with E-state index in [4.69, 9.17) is 0 Å². The van der Waals surface area contributed by atoms with Gasteiger partial charge in [-0.3, -0.25) is 9.59 Å². The van der Waals surface area contributed by atoms with Crippen LogP contribution in [0.3, 0.4) is 0 Å². The Morgan fingerprint density at radius 2 is 1.76 bits per heavy atom. The van der Waals surface area contributed by atoms with Gasteiger partial charge in [0.25, 0.3) is 0 Å². The van der Waals surface area contributed by atoms with Gasteiger partial charge in [0.1, 0.15) is 5.82 Å². The summed E-state index contributed by atoms with van der Waals surface area (Å²) in [6.45, 7) is 3.87. The Morgan fingerprint density at radius 1 is 1.03 bits per heavy atom. The average Bonchev–Trinajstić information content (AvgIpc) is 3.32. The van der Waals surface area contributed by atoms with Crippen LogP contribution in [0.2, 0.25) is 0 Å². The highest BCUT2D eigenvalue weighted by Crippen LogP contribution is 2.36. The van der Waals surface area contributed by atoms with Crippen molar-refractivity contribution < 1.29 is 9.59 Å². The normalized spacial score (nSPS) is 13.6. The number of thioether (sulfide) groups is 1. The maximum atomic E-state index is 12.6. The second-order valence-electron chi connectivity index (χ2n) is 7.07. The molecule has 2 aromatic carbocycles. The first-order chi connectivity index (χ1) is 14.0. The van der Waals surface area contributed by atoms with E-state index >= 15 is 0 Å². The van der Waals surface area contributed by atoms with Gasteiger partial charge in [0.2, 0.25) is 0 Å². The zero-order valence-corrected chi connectivity index (χ0v) is 17.1. The van der Waals surface area contributed by atoms with Crippen molar-refractivity contribution in [1.82, 2.24) is 15.1 Å². The van der Waals surface area contributed by atoms with Crippen LogP contribution in [0.25, 0.3) is 5.69 Å². The number of carbonyl (C=O) groups excluding carboxylic acids is 2. The molecule has 0 aliphatic carbocycles. The molecule has 0 radical (unpaired) electrons. The lowest BCUT2D eigenvalue weighted by Crippen LogP contribution is -2.37. The van der Waals surface area contributed by atoms with Crippen LogP contribution in [0.4, 0.5) is 5.82 Å². The topological polar surface area (TPSA) is 76.0 Å². The molecule has 0 saturated carbocycles. The third kappa shape index (κ3) is 4.05. The molecule has 1 aliphatic heterocycles. The fraction of sp³-hybridized carbons (Fsp3) is 0.227. The van der Waals surface area contributed by atoms with Gasteiger partial charge >= 0.3 is 11.8 Å². The molecule has 7 heteroatoms. The van der Waals surface area contributed by atoms with Crippen LogP contribution in [-0.4, -0.2) is 21.6 Å². The monoisotopic (exact) mass is 406 g/mol. The van der Waals surface area contributed by atoms with Gasteiger partial charge in [-0.05, 0) is 31.5 Å². The number of fused-ring (bicyclic) bond motifs is 1. The van der Waals surface area contributed by atoms with Crippen molar-refractivity contribution >= 4 is 29.4 Å². The number of hydrogen-bond donors (Lipinski definition) is 2. The molecule has 29 heavy (non-hydrogen) atoms. The summed E-state index contributed by atoms with van der Waals surface area (Å²) < 4.78 is 1.72. The predicted molar refractivity (Wildman–Crippen MR) is 115 cm³/mol. The number of aromatic nitrogens is 2.